The number of anilines is 5. The molecule has 5 heteroatoms. The Morgan fingerprint density at radius 3 is 0.949 bits per heavy atom. The summed E-state index contributed by atoms with van der Waals surface area (Å²) in [4.78, 5) is 7.66. The van der Waals surface area contributed by atoms with Crippen molar-refractivity contribution in [1.82, 2.24) is 0 Å². The van der Waals surface area contributed by atoms with Gasteiger partial charge in [0.25, 0.3) is 0 Å². The predicted octanol–water partition coefficient (Wildman–Crippen LogP) is 7.06. The molecule has 2 heterocycles. The van der Waals surface area contributed by atoms with E-state index in [9.17, 15) is 0 Å². The summed E-state index contributed by atoms with van der Waals surface area (Å²) in [6.45, 7) is 0. The Morgan fingerprint density at radius 2 is 0.615 bits per heavy atom. The number of piperazine rings is 1. The molecular formula is C34H31N5. The van der Waals surface area contributed by atoms with Gasteiger partial charge in [-0.05, 0) is 60.7 Å². The fraction of sp³-hybridized carbons (Fsp3) is 0.118. The number of hydrogen-bond acceptors (Lipinski definition) is 5. The maximum absolute atomic E-state index is 3.92. The van der Waals surface area contributed by atoms with Gasteiger partial charge >= 0.3 is 0 Å². The Labute approximate surface area is 229 Å². The van der Waals surface area contributed by atoms with E-state index in [1.54, 1.807) is 0 Å². The van der Waals surface area contributed by atoms with Crippen LogP contribution in [-0.4, -0.2) is 24.7 Å². The molecule has 5 nitrogen and oxygen atoms in total. The van der Waals surface area contributed by atoms with Gasteiger partial charge in [0.15, 0.2) is 0 Å². The Hall–Kier alpha value is -4.90. The van der Waals surface area contributed by atoms with Gasteiger partial charge < -0.3 is 25.3 Å². The van der Waals surface area contributed by atoms with Gasteiger partial charge in [-0.1, -0.05) is 91.0 Å². The monoisotopic (exact) mass is 509 g/mol. The van der Waals surface area contributed by atoms with Crippen LogP contribution >= 0.6 is 0 Å². The lowest BCUT2D eigenvalue weighted by Crippen LogP contribution is -2.63. The van der Waals surface area contributed by atoms with Crippen molar-refractivity contribution in [1.29, 1.82) is 0 Å². The van der Waals surface area contributed by atoms with Gasteiger partial charge in [-0.15, -0.1) is 0 Å². The summed E-state index contributed by atoms with van der Waals surface area (Å²) in [5, 5.41) is 7.84. The zero-order valence-electron chi connectivity index (χ0n) is 21.6. The zero-order valence-corrected chi connectivity index (χ0v) is 21.6. The molecule has 2 aliphatic heterocycles. The van der Waals surface area contributed by atoms with E-state index in [0.29, 0.717) is 0 Å². The molecule has 5 aromatic carbocycles. The largest absolute Gasteiger partial charge is 0.362 e. The molecule has 0 saturated carbocycles. The van der Waals surface area contributed by atoms with E-state index in [4.69, 9.17) is 0 Å². The third-order valence-electron chi connectivity index (χ3n) is 7.64. The van der Waals surface area contributed by atoms with E-state index >= 15 is 0 Å². The van der Waals surface area contributed by atoms with Crippen molar-refractivity contribution in [3.8, 4) is 0 Å². The van der Waals surface area contributed by atoms with E-state index in [1.807, 2.05) is 0 Å². The molecule has 7 rings (SSSR count). The molecule has 0 radical (unpaired) electrons. The minimum absolute atomic E-state index is 0.00132. The van der Waals surface area contributed by atoms with Crippen LogP contribution in [0.1, 0.15) is 0 Å². The molecule has 2 bridgehead atoms. The van der Waals surface area contributed by atoms with Crippen LogP contribution in [0.4, 0.5) is 28.4 Å². The average Bonchev–Trinajstić information content (AvgIpc) is 3.50. The maximum Gasteiger partial charge on any atom is 0.145 e. The minimum Gasteiger partial charge on any atom is -0.362 e. The lowest BCUT2D eigenvalue weighted by molar-refractivity contribution is 0.489. The first kappa shape index (κ1) is 23.2. The van der Waals surface area contributed by atoms with Crippen LogP contribution in [0.2, 0.25) is 0 Å². The highest BCUT2D eigenvalue weighted by molar-refractivity contribution is 5.72. The van der Waals surface area contributed by atoms with Gasteiger partial charge in [0.2, 0.25) is 0 Å². The second-order valence-electron chi connectivity index (χ2n) is 9.97. The smallest absolute Gasteiger partial charge is 0.145 e. The molecule has 2 saturated heterocycles. The molecular weight excluding hydrogens is 478 g/mol. The third kappa shape index (κ3) is 4.22. The molecule has 0 amide bonds. The summed E-state index contributed by atoms with van der Waals surface area (Å²) >= 11 is 0. The van der Waals surface area contributed by atoms with E-state index < -0.39 is 0 Å². The van der Waals surface area contributed by atoms with Crippen molar-refractivity contribution < 1.29 is 0 Å². The van der Waals surface area contributed by atoms with Crippen LogP contribution in [-0.2, 0) is 0 Å². The van der Waals surface area contributed by atoms with Crippen LogP contribution in [0.15, 0.2) is 152 Å². The van der Waals surface area contributed by atoms with Crippen LogP contribution in [0.25, 0.3) is 0 Å². The number of hydrogen-bond donors (Lipinski definition) is 2. The summed E-state index contributed by atoms with van der Waals surface area (Å²) in [6.07, 6.45) is -0.0362. The van der Waals surface area contributed by atoms with Crippen LogP contribution in [0.3, 0.4) is 0 Å². The second kappa shape index (κ2) is 10.1. The number of para-hydroxylation sites is 5. The highest BCUT2D eigenvalue weighted by Gasteiger charge is 2.61. The highest BCUT2D eigenvalue weighted by atomic mass is 15.7. The lowest BCUT2D eigenvalue weighted by atomic mass is 10.1. The Balaban J connectivity index is 1.42. The standard InChI is InChI=1S/C34H31N5/c1-6-16-26(17-7-1)35-31-33-38(29-22-12-4-13-23-29)32(36-27-18-8-2-9-19-27)34(37(31)28-20-10-3-11-21-28)39(33)30-24-14-5-15-25-30/h1-25,31-36H/t31-,32-,33-,34-/m0/s1. The van der Waals surface area contributed by atoms with Gasteiger partial charge in [-0.25, -0.2) is 0 Å². The Bertz CT molecular complexity index is 1330. The van der Waals surface area contributed by atoms with Crippen molar-refractivity contribution >= 4 is 28.4 Å². The Morgan fingerprint density at radius 1 is 0.333 bits per heavy atom. The molecule has 4 atom stereocenters. The van der Waals surface area contributed by atoms with Crippen LogP contribution in [0.5, 0.6) is 0 Å². The molecule has 0 aliphatic carbocycles. The molecule has 39 heavy (non-hydrogen) atoms. The van der Waals surface area contributed by atoms with Gasteiger partial charge in [-0.2, -0.15) is 0 Å². The number of benzene rings is 5. The molecule has 0 aromatic heterocycles. The highest BCUT2D eigenvalue weighted by Crippen LogP contribution is 2.47. The molecule has 0 unspecified atom stereocenters. The topological polar surface area (TPSA) is 33.8 Å². The van der Waals surface area contributed by atoms with Crippen molar-refractivity contribution in [2.45, 2.75) is 24.7 Å². The van der Waals surface area contributed by atoms with Gasteiger partial charge in [0.05, 0.1) is 0 Å². The molecule has 2 aliphatic rings. The summed E-state index contributed by atoms with van der Waals surface area (Å²) in [7, 11) is 0. The lowest BCUT2D eigenvalue weighted by Gasteiger charge is -2.46. The third-order valence-corrected chi connectivity index (χ3v) is 7.64. The number of rotatable bonds is 7. The summed E-state index contributed by atoms with van der Waals surface area (Å²) in [5.74, 6) is 0. The van der Waals surface area contributed by atoms with Crippen molar-refractivity contribution in [2.24, 2.45) is 0 Å². The van der Waals surface area contributed by atoms with Crippen molar-refractivity contribution in [2.75, 3.05) is 25.3 Å². The molecule has 192 valence electrons. The molecule has 2 N–H and O–H groups in total. The Kier molecular flexibility index (Phi) is 6.02. The second-order valence-corrected chi connectivity index (χ2v) is 9.97. The van der Waals surface area contributed by atoms with E-state index in [-0.39, 0.29) is 24.7 Å². The maximum atomic E-state index is 3.92. The van der Waals surface area contributed by atoms with Crippen molar-refractivity contribution in [3.63, 3.8) is 0 Å². The predicted molar refractivity (Wildman–Crippen MR) is 162 cm³/mol. The molecule has 2 fully saturated rings. The SMILES string of the molecule is c1ccc(N[C@@H]2[C@@H]3N(c4ccccc4)[C@@H]([C@@H](Nc4ccccc4)N3c3ccccc3)N2c2ccccc2)cc1. The van der Waals surface area contributed by atoms with Gasteiger partial charge in [-0.3, -0.25) is 0 Å². The molecule has 0 spiro atoms. The quantitative estimate of drug-likeness (QED) is 0.245. The first-order valence-corrected chi connectivity index (χ1v) is 13.5. The number of fused-ring (bicyclic) bond motifs is 2. The number of nitrogens with zero attached hydrogens (tertiary/aromatic N) is 3. The zero-order chi connectivity index (χ0) is 26.0. The van der Waals surface area contributed by atoms with Crippen LogP contribution in [0, 0.1) is 0 Å². The minimum atomic E-state index is -0.0194. The summed E-state index contributed by atoms with van der Waals surface area (Å²) < 4.78 is 0. The van der Waals surface area contributed by atoms with E-state index in [2.05, 4.69) is 177 Å². The molecule has 5 aromatic rings. The average molecular weight is 510 g/mol. The fourth-order valence-corrected chi connectivity index (χ4v) is 6.08. The first-order valence-electron chi connectivity index (χ1n) is 13.5. The first-order chi connectivity index (χ1) is 19.4. The normalized spacial score (nSPS) is 21.7. The summed E-state index contributed by atoms with van der Waals surface area (Å²) in [5.41, 5.74) is 5.78. The van der Waals surface area contributed by atoms with Crippen LogP contribution < -0.4 is 25.3 Å². The van der Waals surface area contributed by atoms with E-state index in [0.717, 1.165) is 11.4 Å². The fourth-order valence-electron chi connectivity index (χ4n) is 6.08. The number of nitrogens with one attached hydrogen (secondary N) is 2. The van der Waals surface area contributed by atoms with Gasteiger partial charge in [0.1, 0.15) is 24.7 Å². The summed E-state index contributed by atoms with van der Waals surface area (Å²) in [6, 6.07) is 53.4. The van der Waals surface area contributed by atoms with Crippen molar-refractivity contribution in [3.05, 3.63) is 152 Å². The van der Waals surface area contributed by atoms with E-state index in [1.165, 1.54) is 17.1 Å². The van der Waals surface area contributed by atoms with Gasteiger partial charge in [0, 0.05) is 28.4 Å².